The first-order valence-corrected chi connectivity index (χ1v) is 6.05. The molecule has 0 saturated carbocycles. The normalized spacial score (nSPS) is 11.7. The molecule has 0 radical (unpaired) electrons. The number of nitrogens with zero attached hydrogens (tertiary/aromatic N) is 1. The summed E-state index contributed by atoms with van der Waals surface area (Å²) in [5.74, 6) is -1.32. The van der Waals surface area contributed by atoms with E-state index in [-0.39, 0.29) is 0 Å². The van der Waals surface area contributed by atoms with Gasteiger partial charge in [0.05, 0.1) is 0 Å². The van der Waals surface area contributed by atoms with Gasteiger partial charge < -0.3 is 20.8 Å². The topological polar surface area (TPSA) is 94.5 Å². The summed E-state index contributed by atoms with van der Waals surface area (Å²) in [5.41, 5.74) is 2.38. The van der Waals surface area contributed by atoms with Crippen LogP contribution < -0.4 is 10.6 Å². The first-order chi connectivity index (χ1) is 9.65. The molecule has 4 N–H and O–H groups in total. The van der Waals surface area contributed by atoms with E-state index in [9.17, 15) is 9.90 Å². The van der Waals surface area contributed by atoms with Gasteiger partial charge in [-0.3, -0.25) is 4.98 Å². The zero-order valence-electron chi connectivity index (χ0n) is 10.7. The molecule has 0 spiro atoms. The number of aromatic nitrogens is 1. The zero-order valence-corrected chi connectivity index (χ0v) is 10.7. The molecule has 0 bridgehead atoms. The number of anilines is 2. The number of pyridine rings is 1. The smallest absolute Gasteiger partial charge is 0.353 e. The number of rotatable bonds is 6. The summed E-state index contributed by atoms with van der Waals surface area (Å²) in [7, 11) is 0. The van der Waals surface area contributed by atoms with Crippen LogP contribution in [0.1, 0.15) is 5.56 Å². The van der Waals surface area contributed by atoms with E-state index in [0.29, 0.717) is 12.2 Å². The molecule has 0 aliphatic carbocycles. The lowest BCUT2D eigenvalue weighted by Gasteiger charge is -2.12. The van der Waals surface area contributed by atoms with E-state index in [1.807, 2.05) is 18.2 Å². The summed E-state index contributed by atoms with van der Waals surface area (Å²) in [4.78, 5) is 14.6. The van der Waals surface area contributed by atoms with Crippen LogP contribution in [0, 0.1) is 0 Å². The maximum absolute atomic E-state index is 10.6. The molecular formula is C14H15N3O3. The summed E-state index contributed by atoms with van der Waals surface area (Å²) in [6.07, 6.45) is 1.86. The van der Waals surface area contributed by atoms with Crippen molar-refractivity contribution in [1.82, 2.24) is 4.98 Å². The lowest BCUT2D eigenvalue weighted by Crippen LogP contribution is -2.28. The first-order valence-electron chi connectivity index (χ1n) is 6.05. The number of hydrogen-bond acceptors (Lipinski definition) is 5. The van der Waals surface area contributed by atoms with Crippen molar-refractivity contribution in [2.45, 2.75) is 12.8 Å². The molecule has 1 aromatic heterocycles. The van der Waals surface area contributed by atoms with Gasteiger partial charge in [-0.15, -0.1) is 0 Å². The van der Waals surface area contributed by atoms with E-state index in [4.69, 9.17) is 5.11 Å². The molecule has 0 fully saturated rings. The minimum absolute atomic E-state index is 0.524. The average molecular weight is 273 g/mol. The van der Waals surface area contributed by atoms with Gasteiger partial charge in [0.25, 0.3) is 0 Å². The van der Waals surface area contributed by atoms with Gasteiger partial charge in [0.1, 0.15) is 0 Å². The molecule has 1 heterocycles. The molecule has 20 heavy (non-hydrogen) atoms. The van der Waals surface area contributed by atoms with Crippen LogP contribution in [0.15, 0.2) is 48.8 Å². The van der Waals surface area contributed by atoms with Crippen molar-refractivity contribution in [2.75, 3.05) is 10.6 Å². The molecule has 104 valence electrons. The van der Waals surface area contributed by atoms with Crippen LogP contribution in [0.4, 0.5) is 11.4 Å². The van der Waals surface area contributed by atoms with Gasteiger partial charge in [-0.1, -0.05) is 12.1 Å². The zero-order chi connectivity index (χ0) is 14.4. The third-order valence-electron chi connectivity index (χ3n) is 2.62. The number of aliphatic carboxylic acids is 1. The Labute approximate surface area is 116 Å². The highest BCUT2D eigenvalue weighted by atomic mass is 16.4. The second kappa shape index (κ2) is 6.53. The first kappa shape index (κ1) is 13.8. The van der Waals surface area contributed by atoms with E-state index in [0.717, 1.165) is 11.3 Å². The molecule has 2 aromatic rings. The van der Waals surface area contributed by atoms with Gasteiger partial charge in [-0.2, -0.15) is 0 Å². The summed E-state index contributed by atoms with van der Waals surface area (Å²) in [6.45, 7) is 0.610. The minimum atomic E-state index is -1.62. The van der Waals surface area contributed by atoms with Gasteiger partial charge in [0.15, 0.2) is 0 Å². The third kappa shape index (κ3) is 3.96. The highest BCUT2D eigenvalue weighted by Crippen LogP contribution is 2.16. The van der Waals surface area contributed by atoms with Crippen LogP contribution in [-0.4, -0.2) is 27.4 Å². The van der Waals surface area contributed by atoms with Gasteiger partial charge in [-0.25, -0.2) is 4.79 Å². The Kier molecular flexibility index (Phi) is 4.52. The predicted molar refractivity (Wildman–Crippen MR) is 75.3 cm³/mol. The van der Waals surface area contributed by atoms with Crippen molar-refractivity contribution in [2.24, 2.45) is 0 Å². The monoisotopic (exact) mass is 273 g/mol. The van der Waals surface area contributed by atoms with Gasteiger partial charge in [0.2, 0.25) is 6.23 Å². The third-order valence-corrected chi connectivity index (χ3v) is 2.62. The summed E-state index contributed by atoms with van der Waals surface area (Å²) in [6, 6.07) is 10.8. The van der Waals surface area contributed by atoms with Crippen molar-refractivity contribution in [3.05, 3.63) is 54.4 Å². The molecule has 0 aliphatic rings. The fraction of sp³-hybridized carbons (Fsp3) is 0.143. The van der Waals surface area contributed by atoms with Crippen LogP contribution in [0.2, 0.25) is 0 Å². The second-order valence-electron chi connectivity index (χ2n) is 4.18. The lowest BCUT2D eigenvalue weighted by molar-refractivity contribution is -0.145. The number of hydrogen-bond donors (Lipinski definition) is 4. The Bertz CT molecular complexity index is 575. The fourth-order valence-electron chi connectivity index (χ4n) is 1.65. The number of carbonyl (C=O) groups is 1. The molecule has 0 saturated heterocycles. The highest BCUT2D eigenvalue weighted by molar-refractivity contribution is 5.75. The number of carboxylic acids is 1. The Balaban J connectivity index is 1.97. The van der Waals surface area contributed by atoms with Crippen molar-refractivity contribution in [3.63, 3.8) is 0 Å². The molecule has 0 aliphatic heterocycles. The van der Waals surface area contributed by atoms with Crippen LogP contribution in [0.25, 0.3) is 0 Å². The number of benzene rings is 1. The van der Waals surface area contributed by atoms with Crippen LogP contribution in [0.5, 0.6) is 0 Å². The van der Waals surface area contributed by atoms with Crippen molar-refractivity contribution >= 4 is 17.3 Å². The standard InChI is InChI=1S/C14H15N3O3/c18-13(14(19)20)17-12-5-1-4-11(7-12)16-9-10-3-2-6-15-8-10/h1-8,13,16-18H,9H2,(H,19,20). The van der Waals surface area contributed by atoms with Crippen molar-refractivity contribution in [1.29, 1.82) is 0 Å². The Morgan fingerprint density at radius 2 is 2.05 bits per heavy atom. The maximum atomic E-state index is 10.6. The fourth-order valence-corrected chi connectivity index (χ4v) is 1.65. The van der Waals surface area contributed by atoms with Crippen molar-refractivity contribution < 1.29 is 15.0 Å². The van der Waals surface area contributed by atoms with Crippen LogP contribution in [0.3, 0.4) is 0 Å². The molecule has 0 amide bonds. The highest BCUT2D eigenvalue weighted by Gasteiger charge is 2.12. The van der Waals surface area contributed by atoms with Gasteiger partial charge in [0, 0.05) is 30.3 Å². The molecule has 1 aromatic carbocycles. The number of carboxylic acid groups (broad SMARTS) is 1. The summed E-state index contributed by atoms with van der Waals surface area (Å²) >= 11 is 0. The van der Waals surface area contributed by atoms with E-state index in [1.54, 1.807) is 30.6 Å². The number of aliphatic hydroxyl groups excluding tert-OH is 1. The lowest BCUT2D eigenvalue weighted by atomic mass is 10.2. The van der Waals surface area contributed by atoms with Crippen LogP contribution >= 0.6 is 0 Å². The molecule has 6 nitrogen and oxygen atoms in total. The second-order valence-corrected chi connectivity index (χ2v) is 4.18. The number of nitrogens with one attached hydrogen (secondary N) is 2. The van der Waals surface area contributed by atoms with Gasteiger partial charge >= 0.3 is 5.97 Å². The van der Waals surface area contributed by atoms with E-state index >= 15 is 0 Å². The molecular weight excluding hydrogens is 258 g/mol. The van der Waals surface area contributed by atoms with Gasteiger partial charge in [-0.05, 0) is 29.8 Å². The van der Waals surface area contributed by atoms with E-state index in [1.165, 1.54) is 0 Å². The Morgan fingerprint density at radius 3 is 2.75 bits per heavy atom. The predicted octanol–water partition coefficient (Wildman–Crippen LogP) is 1.51. The maximum Gasteiger partial charge on any atom is 0.353 e. The summed E-state index contributed by atoms with van der Waals surface area (Å²) < 4.78 is 0. The van der Waals surface area contributed by atoms with Crippen LogP contribution in [-0.2, 0) is 11.3 Å². The van der Waals surface area contributed by atoms with Crippen molar-refractivity contribution in [3.8, 4) is 0 Å². The van der Waals surface area contributed by atoms with E-state index in [2.05, 4.69) is 15.6 Å². The minimum Gasteiger partial charge on any atom is -0.478 e. The average Bonchev–Trinajstić information content (AvgIpc) is 2.46. The SMILES string of the molecule is O=C(O)C(O)Nc1cccc(NCc2cccnc2)c1. The summed E-state index contributed by atoms with van der Waals surface area (Å²) in [5, 5.41) is 23.5. The Morgan fingerprint density at radius 1 is 1.25 bits per heavy atom. The molecule has 1 atom stereocenters. The largest absolute Gasteiger partial charge is 0.478 e. The van der Waals surface area contributed by atoms with E-state index < -0.39 is 12.2 Å². The Hall–Kier alpha value is -2.60. The number of aliphatic hydroxyl groups is 1. The molecule has 1 unspecified atom stereocenters. The molecule has 2 rings (SSSR count). The molecule has 6 heteroatoms. The quantitative estimate of drug-likeness (QED) is 0.596.